The van der Waals surface area contributed by atoms with E-state index in [4.69, 9.17) is 10.5 Å². The predicted molar refractivity (Wildman–Crippen MR) is 78.3 cm³/mol. The number of aryl methyl sites for hydroxylation is 2. The van der Waals surface area contributed by atoms with E-state index in [0.717, 1.165) is 24.3 Å². The molecule has 0 saturated carbocycles. The van der Waals surface area contributed by atoms with Gasteiger partial charge in [0.1, 0.15) is 0 Å². The van der Waals surface area contributed by atoms with Gasteiger partial charge in [0.25, 0.3) is 0 Å². The van der Waals surface area contributed by atoms with Gasteiger partial charge in [0.15, 0.2) is 0 Å². The molecule has 0 spiro atoms. The van der Waals surface area contributed by atoms with Crippen molar-refractivity contribution in [2.45, 2.75) is 13.8 Å². The average molecular weight is 273 g/mol. The minimum absolute atomic E-state index is 0.415. The van der Waals surface area contributed by atoms with Gasteiger partial charge in [0.2, 0.25) is 11.9 Å². The van der Waals surface area contributed by atoms with E-state index in [9.17, 15) is 0 Å². The highest BCUT2D eigenvalue weighted by atomic mass is 16.5. The molecule has 0 unspecified atom stereocenters. The van der Waals surface area contributed by atoms with Gasteiger partial charge in [-0.2, -0.15) is 9.67 Å². The number of anilines is 2. The fraction of sp³-hybridized carbons (Fsp3) is 0.429. The molecule has 6 heteroatoms. The Morgan fingerprint density at radius 1 is 1.20 bits per heavy atom. The van der Waals surface area contributed by atoms with Crippen LogP contribution in [0.1, 0.15) is 11.1 Å². The molecule has 1 aliphatic rings. The maximum atomic E-state index is 6.02. The van der Waals surface area contributed by atoms with Crippen LogP contribution in [-0.4, -0.2) is 41.1 Å². The molecule has 20 heavy (non-hydrogen) atoms. The van der Waals surface area contributed by atoms with E-state index in [0.29, 0.717) is 25.1 Å². The van der Waals surface area contributed by atoms with E-state index in [-0.39, 0.29) is 0 Å². The lowest BCUT2D eigenvalue weighted by Gasteiger charge is -2.25. The molecule has 0 amide bonds. The summed E-state index contributed by atoms with van der Waals surface area (Å²) in [6.45, 7) is 7.14. The van der Waals surface area contributed by atoms with Crippen molar-refractivity contribution >= 4 is 11.9 Å². The fourth-order valence-electron chi connectivity index (χ4n) is 2.43. The molecule has 3 rings (SSSR count). The fourth-order valence-corrected chi connectivity index (χ4v) is 2.43. The van der Waals surface area contributed by atoms with Crippen LogP contribution in [0.15, 0.2) is 18.2 Å². The van der Waals surface area contributed by atoms with Crippen LogP contribution in [0.3, 0.4) is 0 Å². The minimum atomic E-state index is 0.415. The summed E-state index contributed by atoms with van der Waals surface area (Å²) >= 11 is 0. The summed E-state index contributed by atoms with van der Waals surface area (Å²) in [5, 5.41) is 4.55. The zero-order chi connectivity index (χ0) is 14.1. The second-order valence-corrected chi connectivity index (χ2v) is 5.07. The molecule has 1 fully saturated rings. The van der Waals surface area contributed by atoms with Gasteiger partial charge in [0.05, 0.1) is 18.9 Å². The number of hydrogen-bond donors (Lipinski definition) is 1. The van der Waals surface area contributed by atoms with Crippen molar-refractivity contribution < 1.29 is 4.74 Å². The van der Waals surface area contributed by atoms with Crippen molar-refractivity contribution in [3.63, 3.8) is 0 Å². The number of benzene rings is 1. The lowest BCUT2D eigenvalue weighted by atomic mass is 10.1. The van der Waals surface area contributed by atoms with E-state index in [2.05, 4.69) is 41.0 Å². The average Bonchev–Trinajstić information content (AvgIpc) is 2.82. The van der Waals surface area contributed by atoms with Gasteiger partial charge >= 0.3 is 0 Å². The van der Waals surface area contributed by atoms with Crippen molar-refractivity contribution in [1.82, 2.24) is 14.8 Å². The number of rotatable bonds is 2. The normalized spacial score (nSPS) is 15.6. The highest BCUT2D eigenvalue weighted by Gasteiger charge is 2.18. The second-order valence-electron chi connectivity index (χ2n) is 5.07. The van der Waals surface area contributed by atoms with Gasteiger partial charge in [-0.05, 0) is 25.5 Å². The standard InChI is InChI=1S/C14H19N5O/c1-10-3-4-12(11(2)9-10)19-13(15)16-14(17-19)18-5-7-20-8-6-18/h3-4,9H,5-8H2,1-2H3,(H2,15,16,17). The SMILES string of the molecule is Cc1ccc(-n2nc(N3CCOCC3)nc2N)c(C)c1. The van der Waals surface area contributed by atoms with Crippen LogP contribution in [0.25, 0.3) is 5.69 Å². The Balaban J connectivity index is 1.95. The number of nitrogen functional groups attached to an aromatic ring is 1. The van der Waals surface area contributed by atoms with E-state index in [1.165, 1.54) is 5.56 Å². The first kappa shape index (κ1) is 12.9. The van der Waals surface area contributed by atoms with Crippen molar-refractivity contribution in [2.24, 2.45) is 0 Å². The van der Waals surface area contributed by atoms with Gasteiger partial charge in [-0.25, -0.2) is 0 Å². The van der Waals surface area contributed by atoms with Gasteiger partial charge in [-0.3, -0.25) is 0 Å². The van der Waals surface area contributed by atoms with Crippen molar-refractivity contribution in [1.29, 1.82) is 0 Å². The summed E-state index contributed by atoms with van der Waals surface area (Å²) in [5.74, 6) is 1.09. The molecule has 106 valence electrons. The van der Waals surface area contributed by atoms with E-state index < -0.39 is 0 Å². The van der Waals surface area contributed by atoms with Crippen LogP contribution in [0.4, 0.5) is 11.9 Å². The molecule has 0 radical (unpaired) electrons. The topological polar surface area (TPSA) is 69.2 Å². The van der Waals surface area contributed by atoms with Crippen LogP contribution < -0.4 is 10.6 Å². The number of nitrogens with zero attached hydrogens (tertiary/aromatic N) is 4. The lowest BCUT2D eigenvalue weighted by Crippen LogP contribution is -2.37. The van der Waals surface area contributed by atoms with Crippen molar-refractivity contribution in [3.8, 4) is 5.69 Å². The third-order valence-electron chi connectivity index (χ3n) is 3.50. The lowest BCUT2D eigenvalue weighted by molar-refractivity contribution is 0.122. The first-order valence-corrected chi connectivity index (χ1v) is 6.78. The predicted octanol–water partition coefficient (Wildman–Crippen LogP) is 1.30. The summed E-state index contributed by atoms with van der Waals surface area (Å²) in [7, 11) is 0. The van der Waals surface area contributed by atoms with Gasteiger partial charge in [-0.15, -0.1) is 5.10 Å². The molecular formula is C14H19N5O. The highest BCUT2D eigenvalue weighted by Crippen LogP contribution is 2.20. The van der Waals surface area contributed by atoms with E-state index >= 15 is 0 Å². The number of hydrogen-bond acceptors (Lipinski definition) is 5. The Hall–Kier alpha value is -2.08. The summed E-state index contributed by atoms with van der Waals surface area (Å²) in [6.07, 6.45) is 0. The first-order chi connectivity index (χ1) is 9.65. The van der Waals surface area contributed by atoms with E-state index in [1.54, 1.807) is 4.68 Å². The molecule has 0 atom stereocenters. The highest BCUT2D eigenvalue weighted by molar-refractivity contribution is 5.48. The van der Waals surface area contributed by atoms with Gasteiger partial charge in [0, 0.05) is 13.1 Å². The molecule has 0 aliphatic carbocycles. The zero-order valence-corrected chi connectivity index (χ0v) is 11.8. The van der Waals surface area contributed by atoms with Gasteiger partial charge in [-0.1, -0.05) is 17.7 Å². The second kappa shape index (κ2) is 5.13. The quantitative estimate of drug-likeness (QED) is 0.893. The molecule has 1 aliphatic heterocycles. The monoisotopic (exact) mass is 273 g/mol. The van der Waals surface area contributed by atoms with Crippen LogP contribution >= 0.6 is 0 Å². The Morgan fingerprint density at radius 3 is 2.65 bits per heavy atom. The smallest absolute Gasteiger partial charge is 0.247 e. The molecule has 1 aromatic carbocycles. The minimum Gasteiger partial charge on any atom is -0.378 e. The molecule has 2 aromatic rings. The summed E-state index contributed by atoms with van der Waals surface area (Å²) < 4.78 is 7.05. The summed E-state index contributed by atoms with van der Waals surface area (Å²) in [6, 6.07) is 6.20. The molecular weight excluding hydrogens is 254 g/mol. The van der Waals surface area contributed by atoms with Gasteiger partial charge < -0.3 is 15.4 Å². The number of ether oxygens (including phenoxy) is 1. The zero-order valence-electron chi connectivity index (χ0n) is 11.8. The number of aromatic nitrogens is 3. The Labute approximate surface area is 118 Å². The Bertz CT molecular complexity index is 616. The van der Waals surface area contributed by atoms with Crippen molar-refractivity contribution in [3.05, 3.63) is 29.3 Å². The number of nitrogens with two attached hydrogens (primary N) is 1. The Kier molecular flexibility index (Phi) is 3.31. The molecule has 2 N–H and O–H groups in total. The van der Waals surface area contributed by atoms with Crippen molar-refractivity contribution in [2.75, 3.05) is 36.9 Å². The van der Waals surface area contributed by atoms with Crippen LogP contribution in [0.2, 0.25) is 0 Å². The number of morpholine rings is 1. The molecule has 6 nitrogen and oxygen atoms in total. The third-order valence-corrected chi connectivity index (χ3v) is 3.50. The summed E-state index contributed by atoms with van der Waals surface area (Å²) in [4.78, 5) is 6.47. The summed E-state index contributed by atoms with van der Waals surface area (Å²) in [5.41, 5.74) is 9.35. The van der Waals surface area contributed by atoms with E-state index in [1.807, 2.05) is 6.07 Å². The molecule has 1 aromatic heterocycles. The molecule has 1 saturated heterocycles. The maximum absolute atomic E-state index is 6.02. The first-order valence-electron chi connectivity index (χ1n) is 6.78. The maximum Gasteiger partial charge on any atom is 0.247 e. The van der Waals surface area contributed by atoms with Crippen LogP contribution in [0.5, 0.6) is 0 Å². The molecule has 0 bridgehead atoms. The Morgan fingerprint density at radius 2 is 1.95 bits per heavy atom. The third kappa shape index (κ3) is 2.34. The van der Waals surface area contributed by atoms with Crippen LogP contribution in [-0.2, 0) is 4.74 Å². The molecule has 2 heterocycles. The largest absolute Gasteiger partial charge is 0.378 e. The van der Waals surface area contributed by atoms with Crippen LogP contribution in [0, 0.1) is 13.8 Å².